The summed E-state index contributed by atoms with van der Waals surface area (Å²) in [5.41, 5.74) is 7.04. The van der Waals surface area contributed by atoms with E-state index in [0.717, 1.165) is 0 Å². The summed E-state index contributed by atoms with van der Waals surface area (Å²) >= 11 is 0. The number of hydrogen-bond acceptors (Lipinski definition) is 0. The second kappa shape index (κ2) is 7.13. The molecule has 0 unspecified atom stereocenters. The van der Waals surface area contributed by atoms with Crippen molar-refractivity contribution in [3.05, 3.63) is 70.3 Å². The molecule has 0 fully saturated rings. The van der Waals surface area contributed by atoms with Gasteiger partial charge in [0.2, 0.25) is 0 Å². The number of benzene rings is 2. The Labute approximate surface area is 118 Å². The maximum atomic E-state index is 2.22. The summed E-state index contributed by atoms with van der Waals surface area (Å²) in [4.78, 5) is 0. The summed E-state index contributed by atoms with van der Waals surface area (Å²) in [7, 11) is 0. The van der Waals surface area contributed by atoms with E-state index in [1.807, 2.05) is 0 Å². The number of rotatable bonds is 1. The van der Waals surface area contributed by atoms with Gasteiger partial charge in [0.25, 0.3) is 0 Å². The number of hydrogen-bond donors (Lipinski definition) is 0. The minimum Gasteiger partial charge on any atom is -0.0620 e. The fraction of sp³-hybridized carbons (Fsp3) is 0.368. The molecule has 0 aliphatic carbocycles. The van der Waals surface area contributed by atoms with Gasteiger partial charge in [-0.05, 0) is 61.4 Å². The van der Waals surface area contributed by atoms with Gasteiger partial charge >= 0.3 is 0 Å². The Morgan fingerprint density at radius 2 is 1.11 bits per heavy atom. The van der Waals surface area contributed by atoms with E-state index in [4.69, 9.17) is 0 Å². The lowest BCUT2D eigenvalue weighted by atomic mass is 9.99. The third-order valence-corrected chi connectivity index (χ3v) is 3.69. The first kappa shape index (κ1) is 15.5. The van der Waals surface area contributed by atoms with Crippen LogP contribution in [0.3, 0.4) is 0 Å². The third kappa shape index (κ3) is 4.55. The SMILES string of the molecule is Cc1cccc(C)c1C.Cc1ccccc1C(C)C. The topological polar surface area (TPSA) is 0 Å². The van der Waals surface area contributed by atoms with Crippen molar-refractivity contribution >= 4 is 0 Å². The minimum absolute atomic E-state index is 0.654. The van der Waals surface area contributed by atoms with Crippen LogP contribution in [0, 0.1) is 27.7 Å². The molecular weight excluding hydrogens is 228 g/mol. The molecule has 0 saturated heterocycles. The molecule has 0 aromatic heterocycles. The van der Waals surface area contributed by atoms with Gasteiger partial charge in [0.15, 0.2) is 0 Å². The molecule has 0 amide bonds. The largest absolute Gasteiger partial charge is 0.0620 e. The standard InChI is InChI=1S/C10H14.C9H12/c1-8(2)10-7-5-4-6-9(10)3;1-7-5-4-6-8(2)9(7)3/h4-8H,1-3H3;4-6H,1-3H3. The molecule has 2 aromatic carbocycles. The molecule has 0 aliphatic heterocycles. The highest BCUT2D eigenvalue weighted by atomic mass is 14.0. The maximum absolute atomic E-state index is 2.22. The van der Waals surface area contributed by atoms with E-state index in [0.29, 0.717) is 5.92 Å². The van der Waals surface area contributed by atoms with Crippen molar-refractivity contribution in [3.63, 3.8) is 0 Å². The molecule has 0 N–H and O–H groups in total. The Morgan fingerprint density at radius 3 is 1.47 bits per heavy atom. The average Bonchev–Trinajstić information content (AvgIpc) is 2.37. The molecule has 0 bridgehead atoms. The zero-order valence-electron chi connectivity index (χ0n) is 13.1. The van der Waals surface area contributed by atoms with Crippen LogP contribution in [0.2, 0.25) is 0 Å². The van der Waals surface area contributed by atoms with Gasteiger partial charge in [-0.2, -0.15) is 0 Å². The van der Waals surface area contributed by atoms with Crippen LogP contribution in [-0.2, 0) is 0 Å². The van der Waals surface area contributed by atoms with Crippen molar-refractivity contribution in [2.75, 3.05) is 0 Å². The van der Waals surface area contributed by atoms with Crippen LogP contribution in [0.1, 0.15) is 47.6 Å². The molecule has 0 nitrogen and oxygen atoms in total. The zero-order valence-corrected chi connectivity index (χ0v) is 13.1. The predicted molar refractivity (Wildman–Crippen MR) is 85.9 cm³/mol. The van der Waals surface area contributed by atoms with E-state index in [-0.39, 0.29) is 0 Å². The van der Waals surface area contributed by atoms with E-state index in [9.17, 15) is 0 Å². The highest BCUT2D eigenvalue weighted by Gasteiger charge is 1.99. The third-order valence-electron chi connectivity index (χ3n) is 3.69. The summed E-state index contributed by atoms with van der Waals surface area (Å²) in [6.45, 7) is 13.1. The summed E-state index contributed by atoms with van der Waals surface area (Å²) in [5.74, 6) is 0.654. The van der Waals surface area contributed by atoms with Crippen LogP contribution >= 0.6 is 0 Å². The first-order valence-electron chi connectivity index (χ1n) is 7.01. The summed E-state index contributed by atoms with van der Waals surface area (Å²) in [6, 6.07) is 14.9. The first-order valence-corrected chi connectivity index (χ1v) is 7.01. The Kier molecular flexibility index (Phi) is 5.82. The monoisotopic (exact) mass is 254 g/mol. The summed E-state index contributed by atoms with van der Waals surface area (Å²) in [6.07, 6.45) is 0. The molecule has 0 heterocycles. The van der Waals surface area contributed by atoms with E-state index < -0.39 is 0 Å². The maximum Gasteiger partial charge on any atom is -0.0216 e. The molecule has 0 saturated carbocycles. The molecular formula is C19H26. The van der Waals surface area contributed by atoms with Crippen molar-refractivity contribution in [3.8, 4) is 0 Å². The summed E-state index contributed by atoms with van der Waals surface area (Å²) in [5, 5.41) is 0. The van der Waals surface area contributed by atoms with Crippen LogP contribution in [0.15, 0.2) is 42.5 Å². The van der Waals surface area contributed by atoms with Crippen LogP contribution < -0.4 is 0 Å². The smallest absolute Gasteiger partial charge is 0.0216 e. The van der Waals surface area contributed by atoms with Crippen LogP contribution in [0.5, 0.6) is 0 Å². The van der Waals surface area contributed by atoms with E-state index in [1.165, 1.54) is 27.8 Å². The van der Waals surface area contributed by atoms with Gasteiger partial charge in [-0.1, -0.05) is 56.3 Å². The second-order valence-electron chi connectivity index (χ2n) is 5.53. The van der Waals surface area contributed by atoms with Crippen molar-refractivity contribution in [1.29, 1.82) is 0 Å². The Morgan fingerprint density at radius 1 is 0.632 bits per heavy atom. The van der Waals surface area contributed by atoms with Crippen molar-refractivity contribution < 1.29 is 0 Å². The molecule has 2 rings (SSSR count). The first-order chi connectivity index (χ1) is 8.93. The molecule has 0 radical (unpaired) electrons. The average molecular weight is 254 g/mol. The summed E-state index contributed by atoms with van der Waals surface area (Å²) < 4.78 is 0. The fourth-order valence-electron chi connectivity index (χ4n) is 2.13. The lowest BCUT2D eigenvalue weighted by Gasteiger charge is -2.07. The predicted octanol–water partition coefficient (Wildman–Crippen LogP) is 5.73. The molecule has 102 valence electrons. The van der Waals surface area contributed by atoms with Gasteiger partial charge in [0.05, 0.1) is 0 Å². The Bertz CT molecular complexity index is 501. The molecule has 19 heavy (non-hydrogen) atoms. The van der Waals surface area contributed by atoms with Crippen LogP contribution in [-0.4, -0.2) is 0 Å². The molecule has 0 atom stereocenters. The highest BCUT2D eigenvalue weighted by Crippen LogP contribution is 2.17. The van der Waals surface area contributed by atoms with E-state index in [1.54, 1.807) is 0 Å². The zero-order chi connectivity index (χ0) is 14.4. The lowest BCUT2D eigenvalue weighted by molar-refractivity contribution is 0.856. The highest BCUT2D eigenvalue weighted by molar-refractivity contribution is 5.31. The van der Waals surface area contributed by atoms with Gasteiger partial charge in [-0.3, -0.25) is 0 Å². The van der Waals surface area contributed by atoms with Crippen molar-refractivity contribution in [2.24, 2.45) is 0 Å². The van der Waals surface area contributed by atoms with Gasteiger partial charge in [0, 0.05) is 0 Å². The van der Waals surface area contributed by atoms with Crippen molar-refractivity contribution in [1.82, 2.24) is 0 Å². The molecule has 0 heteroatoms. The van der Waals surface area contributed by atoms with Crippen LogP contribution in [0.4, 0.5) is 0 Å². The van der Waals surface area contributed by atoms with Gasteiger partial charge in [-0.25, -0.2) is 0 Å². The molecule has 2 aromatic rings. The van der Waals surface area contributed by atoms with E-state index >= 15 is 0 Å². The Hall–Kier alpha value is -1.56. The van der Waals surface area contributed by atoms with Gasteiger partial charge in [-0.15, -0.1) is 0 Å². The van der Waals surface area contributed by atoms with Gasteiger partial charge in [0.1, 0.15) is 0 Å². The van der Waals surface area contributed by atoms with Crippen molar-refractivity contribution in [2.45, 2.75) is 47.5 Å². The Balaban J connectivity index is 0.000000191. The minimum atomic E-state index is 0.654. The lowest BCUT2D eigenvalue weighted by Crippen LogP contribution is -1.89. The van der Waals surface area contributed by atoms with Gasteiger partial charge < -0.3 is 0 Å². The number of aryl methyl sites for hydroxylation is 3. The normalized spacial score (nSPS) is 10.1. The quantitative estimate of drug-likeness (QED) is 0.609. The molecule has 0 aliphatic rings. The fourth-order valence-corrected chi connectivity index (χ4v) is 2.13. The molecule has 0 spiro atoms. The van der Waals surface area contributed by atoms with Crippen LogP contribution in [0.25, 0.3) is 0 Å². The van der Waals surface area contributed by atoms with E-state index in [2.05, 4.69) is 84.0 Å². The second-order valence-corrected chi connectivity index (χ2v) is 5.53.